The summed E-state index contributed by atoms with van der Waals surface area (Å²) in [4.78, 5) is 8.96. The van der Waals surface area contributed by atoms with E-state index in [0.29, 0.717) is 17.1 Å². The van der Waals surface area contributed by atoms with Crippen LogP contribution in [0.3, 0.4) is 0 Å². The number of anilines is 1. The monoisotopic (exact) mass is 267 g/mol. The van der Waals surface area contributed by atoms with Gasteiger partial charge in [0.15, 0.2) is 0 Å². The third kappa shape index (κ3) is 3.14. The van der Waals surface area contributed by atoms with Crippen molar-refractivity contribution in [2.24, 2.45) is 0 Å². The molecule has 4 heteroatoms. The zero-order valence-electron chi connectivity index (χ0n) is 11.5. The van der Waals surface area contributed by atoms with Crippen LogP contribution in [0.1, 0.15) is 63.3 Å². The van der Waals surface area contributed by atoms with Crippen molar-refractivity contribution >= 4 is 17.4 Å². The molecule has 2 rings (SSSR count). The van der Waals surface area contributed by atoms with Gasteiger partial charge in [0, 0.05) is 17.5 Å². The summed E-state index contributed by atoms with van der Waals surface area (Å²) in [6.07, 6.45) is 6.45. The molecule has 1 N–H and O–H groups in total. The average Bonchev–Trinajstić information content (AvgIpc) is 2.35. The van der Waals surface area contributed by atoms with E-state index in [1.807, 2.05) is 6.92 Å². The van der Waals surface area contributed by atoms with Crippen molar-refractivity contribution in [3.8, 4) is 0 Å². The Morgan fingerprint density at radius 3 is 2.44 bits per heavy atom. The number of hydrogen-bond donors (Lipinski definition) is 1. The van der Waals surface area contributed by atoms with Crippen molar-refractivity contribution in [1.82, 2.24) is 9.97 Å². The van der Waals surface area contributed by atoms with Gasteiger partial charge >= 0.3 is 0 Å². The van der Waals surface area contributed by atoms with Gasteiger partial charge < -0.3 is 5.32 Å². The van der Waals surface area contributed by atoms with Crippen molar-refractivity contribution in [1.29, 1.82) is 0 Å². The summed E-state index contributed by atoms with van der Waals surface area (Å²) >= 11 is 6.19. The maximum atomic E-state index is 6.19. The van der Waals surface area contributed by atoms with Gasteiger partial charge in [-0.15, -0.1) is 0 Å². The van der Waals surface area contributed by atoms with E-state index in [1.54, 1.807) is 0 Å². The van der Waals surface area contributed by atoms with Crippen molar-refractivity contribution in [2.45, 2.75) is 64.8 Å². The first-order valence-electron chi connectivity index (χ1n) is 6.88. The fraction of sp³-hybridized carbons (Fsp3) is 0.714. The summed E-state index contributed by atoms with van der Waals surface area (Å²) in [6.45, 7) is 6.16. The van der Waals surface area contributed by atoms with Gasteiger partial charge in [-0.2, -0.15) is 0 Å². The minimum absolute atomic E-state index is 0.301. The second kappa shape index (κ2) is 5.87. The normalized spacial score (nSPS) is 17.2. The Balaban J connectivity index is 2.19. The minimum Gasteiger partial charge on any atom is -0.367 e. The highest BCUT2D eigenvalue weighted by atomic mass is 35.5. The van der Waals surface area contributed by atoms with E-state index in [0.717, 1.165) is 17.2 Å². The summed E-state index contributed by atoms with van der Waals surface area (Å²) in [5.41, 5.74) is 0.964. The van der Waals surface area contributed by atoms with Crippen molar-refractivity contribution < 1.29 is 0 Å². The largest absolute Gasteiger partial charge is 0.367 e. The Hall–Kier alpha value is -0.830. The number of aromatic nitrogens is 2. The number of halogens is 1. The molecular weight excluding hydrogens is 246 g/mol. The Kier molecular flexibility index (Phi) is 4.44. The first-order chi connectivity index (χ1) is 8.58. The molecule has 1 aromatic heterocycles. The minimum atomic E-state index is 0.301. The van der Waals surface area contributed by atoms with Crippen LogP contribution in [0.2, 0.25) is 5.15 Å². The van der Waals surface area contributed by atoms with Crippen molar-refractivity contribution in [3.05, 3.63) is 16.5 Å². The van der Waals surface area contributed by atoms with Gasteiger partial charge in [-0.1, -0.05) is 44.7 Å². The van der Waals surface area contributed by atoms with E-state index in [1.165, 1.54) is 32.1 Å². The molecule has 1 heterocycles. The molecule has 3 nitrogen and oxygen atoms in total. The first-order valence-corrected chi connectivity index (χ1v) is 7.26. The Morgan fingerprint density at radius 2 is 1.83 bits per heavy atom. The van der Waals surface area contributed by atoms with Gasteiger partial charge in [-0.05, 0) is 19.8 Å². The molecule has 0 radical (unpaired) electrons. The summed E-state index contributed by atoms with van der Waals surface area (Å²) in [6, 6.07) is 0.545. The molecule has 100 valence electrons. The van der Waals surface area contributed by atoms with Crippen LogP contribution in [-0.2, 0) is 0 Å². The van der Waals surface area contributed by atoms with Gasteiger partial charge in [0.2, 0.25) is 0 Å². The Morgan fingerprint density at radius 1 is 1.17 bits per heavy atom. The molecule has 0 aliphatic heterocycles. The van der Waals surface area contributed by atoms with Gasteiger partial charge in [0.05, 0.1) is 0 Å². The van der Waals surface area contributed by atoms with Crippen LogP contribution in [0, 0.1) is 6.92 Å². The van der Waals surface area contributed by atoms with Crippen LogP contribution in [-0.4, -0.2) is 16.0 Å². The van der Waals surface area contributed by atoms with E-state index in [9.17, 15) is 0 Å². The zero-order valence-corrected chi connectivity index (χ0v) is 12.2. The van der Waals surface area contributed by atoms with Gasteiger partial charge in [-0.3, -0.25) is 0 Å². The van der Waals surface area contributed by atoms with E-state index < -0.39 is 0 Å². The predicted octanol–water partition coefficient (Wildman–Crippen LogP) is 4.31. The molecule has 1 fully saturated rings. The summed E-state index contributed by atoms with van der Waals surface area (Å²) in [5.74, 6) is 2.05. The highest BCUT2D eigenvalue weighted by Gasteiger charge is 2.17. The van der Waals surface area contributed by atoms with Crippen LogP contribution in [0.4, 0.5) is 5.82 Å². The molecule has 0 bridgehead atoms. The predicted molar refractivity (Wildman–Crippen MR) is 76.4 cm³/mol. The maximum Gasteiger partial charge on any atom is 0.137 e. The highest BCUT2D eigenvalue weighted by Crippen LogP contribution is 2.26. The summed E-state index contributed by atoms with van der Waals surface area (Å²) in [7, 11) is 0. The quantitative estimate of drug-likeness (QED) is 0.830. The van der Waals surface area contributed by atoms with Crippen LogP contribution >= 0.6 is 11.6 Å². The molecule has 0 atom stereocenters. The van der Waals surface area contributed by atoms with Crippen molar-refractivity contribution in [3.63, 3.8) is 0 Å². The number of rotatable bonds is 3. The number of nitrogens with zero attached hydrogens (tertiary/aromatic N) is 2. The standard InChI is InChI=1S/C14H22ClN3/c1-9(2)13-17-12(15)10(3)14(18-13)16-11-7-5-4-6-8-11/h9,11H,4-8H2,1-3H3,(H,16,17,18). The molecule has 1 aliphatic rings. The van der Waals surface area contributed by atoms with E-state index in [-0.39, 0.29) is 0 Å². The molecule has 0 unspecified atom stereocenters. The smallest absolute Gasteiger partial charge is 0.137 e. The topological polar surface area (TPSA) is 37.8 Å². The van der Waals surface area contributed by atoms with E-state index in [2.05, 4.69) is 29.1 Å². The van der Waals surface area contributed by atoms with Crippen molar-refractivity contribution in [2.75, 3.05) is 5.32 Å². The zero-order chi connectivity index (χ0) is 13.1. The number of hydrogen-bond acceptors (Lipinski definition) is 3. The lowest BCUT2D eigenvalue weighted by Crippen LogP contribution is -2.24. The second-order valence-electron chi connectivity index (χ2n) is 5.48. The molecule has 18 heavy (non-hydrogen) atoms. The Labute approximate surface area is 114 Å². The average molecular weight is 268 g/mol. The fourth-order valence-electron chi connectivity index (χ4n) is 2.34. The second-order valence-corrected chi connectivity index (χ2v) is 5.84. The highest BCUT2D eigenvalue weighted by molar-refractivity contribution is 6.30. The van der Waals surface area contributed by atoms with Crippen LogP contribution in [0.5, 0.6) is 0 Å². The molecular formula is C14H22ClN3. The summed E-state index contributed by atoms with van der Waals surface area (Å²) in [5, 5.41) is 4.13. The molecule has 0 amide bonds. The lowest BCUT2D eigenvalue weighted by atomic mass is 9.95. The lowest BCUT2D eigenvalue weighted by Gasteiger charge is -2.24. The van der Waals surface area contributed by atoms with Gasteiger partial charge in [0.25, 0.3) is 0 Å². The molecule has 1 saturated carbocycles. The van der Waals surface area contributed by atoms with E-state index >= 15 is 0 Å². The third-order valence-corrected chi connectivity index (χ3v) is 3.93. The van der Waals surface area contributed by atoms with Gasteiger partial charge in [0.1, 0.15) is 16.8 Å². The number of nitrogens with one attached hydrogen (secondary N) is 1. The molecule has 0 aromatic carbocycles. The molecule has 1 aromatic rings. The van der Waals surface area contributed by atoms with Crippen LogP contribution < -0.4 is 5.32 Å². The molecule has 0 saturated heterocycles. The maximum absolute atomic E-state index is 6.19. The van der Waals surface area contributed by atoms with E-state index in [4.69, 9.17) is 11.6 Å². The summed E-state index contributed by atoms with van der Waals surface area (Å²) < 4.78 is 0. The lowest BCUT2D eigenvalue weighted by molar-refractivity contribution is 0.461. The fourth-order valence-corrected chi connectivity index (χ4v) is 2.52. The first kappa shape index (κ1) is 13.6. The van der Waals surface area contributed by atoms with Crippen LogP contribution in [0.25, 0.3) is 0 Å². The molecule has 1 aliphatic carbocycles. The molecule has 0 spiro atoms. The SMILES string of the molecule is Cc1c(Cl)nc(C(C)C)nc1NC1CCCCC1. The third-order valence-electron chi connectivity index (χ3n) is 3.57. The van der Waals surface area contributed by atoms with Crippen LogP contribution in [0.15, 0.2) is 0 Å². The Bertz CT molecular complexity index is 412. The van der Waals surface area contributed by atoms with Gasteiger partial charge in [-0.25, -0.2) is 9.97 Å².